The van der Waals surface area contributed by atoms with Crippen molar-refractivity contribution in [2.24, 2.45) is 5.73 Å². The van der Waals surface area contributed by atoms with Gasteiger partial charge in [-0.3, -0.25) is 9.36 Å². The molecule has 1 aliphatic heterocycles. The number of nitrogens with zero attached hydrogens (tertiary/aromatic N) is 4. The van der Waals surface area contributed by atoms with Gasteiger partial charge in [0.2, 0.25) is 0 Å². The number of nitrogens with two attached hydrogens (primary N) is 1. The molecule has 0 spiro atoms. The summed E-state index contributed by atoms with van der Waals surface area (Å²) >= 11 is 7.36. The topological polar surface area (TPSA) is 122 Å². The van der Waals surface area contributed by atoms with E-state index < -0.39 is 11.5 Å². The van der Waals surface area contributed by atoms with E-state index in [9.17, 15) is 9.59 Å². The number of aromatic nitrogens is 3. The lowest BCUT2D eigenvalue weighted by atomic mass is 10.1. The SMILES string of the molecule is CC(C)(C)OC(=O)N1CCC(Oc2ccc3ncn(-c4cc(OCc5cccnc5Cl)c(C(N)=O)s4)c3c2)CC1. The minimum atomic E-state index is -0.588. The van der Waals surface area contributed by atoms with Gasteiger partial charge in [-0.05, 0) is 39.0 Å². The number of primary amides is 1. The van der Waals surface area contributed by atoms with Crippen LogP contribution in [0.5, 0.6) is 11.5 Å². The lowest BCUT2D eigenvalue weighted by Gasteiger charge is -2.33. The maximum Gasteiger partial charge on any atom is 0.410 e. The third-order valence-electron chi connectivity index (χ3n) is 6.28. The number of benzene rings is 1. The van der Waals surface area contributed by atoms with Crippen LogP contribution in [0, 0.1) is 0 Å². The Kier molecular flexibility index (Phi) is 7.86. The van der Waals surface area contributed by atoms with Crippen LogP contribution in [0.3, 0.4) is 0 Å². The van der Waals surface area contributed by atoms with E-state index >= 15 is 0 Å². The fourth-order valence-electron chi connectivity index (χ4n) is 4.35. The first-order chi connectivity index (χ1) is 19.1. The lowest BCUT2D eigenvalue weighted by Crippen LogP contribution is -2.44. The van der Waals surface area contributed by atoms with Crippen molar-refractivity contribution in [1.82, 2.24) is 19.4 Å². The highest BCUT2D eigenvalue weighted by Crippen LogP contribution is 2.35. The highest BCUT2D eigenvalue weighted by atomic mass is 35.5. The summed E-state index contributed by atoms with van der Waals surface area (Å²) in [5.41, 5.74) is 7.40. The summed E-state index contributed by atoms with van der Waals surface area (Å²) in [5, 5.41) is 1.05. The molecule has 0 saturated carbocycles. The number of fused-ring (bicyclic) bond motifs is 1. The van der Waals surface area contributed by atoms with E-state index in [1.54, 1.807) is 35.6 Å². The second kappa shape index (κ2) is 11.3. The maximum atomic E-state index is 12.4. The summed E-state index contributed by atoms with van der Waals surface area (Å²) in [5.74, 6) is 0.465. The first-order valence-electron chi connectivity index (χ1n) is 12.9. The number of carbonyl (C=O) groups is 2. The quantitative estimate of drug-likeness (QED) is 0.281. The van der Waals surface area contributed by atoms with Crippen LogP contribution in [0.4, 0.5) is 4.79 Å². The minimum absolute atomic E-state index is 0.0324. The number of piperidine rings is 1. The molecular weight excluding hydrogens is 554 g/mol. The lowest BCUT2D eigenvalue weighted by molar-refractivity contribution is 0.0126. The Hall–Kier alpha value is -3.83. The number of imidazole rings is 1. The number of likely N-dealkylation sites (tertiary alicyclic amines) is 1. The smallest absolute Gasteiger partial charge is 0.410 e. The zero-order chi connectivity index (χ0) is 28.4. The van der Waals surface area contributed by atoms with Gasteiger partial charge >= 0.3 is 6.09 Å². The third kappa shape index (κ3) is 6.31. The number of hydrogen-bond donors (Lipinski definition) is 1. The minimum Gasteiger partial charge on any atom is -0.490 e. The average molecular weight is 584 g/mol. The molecule has 0 unspecified atom stereocenters. The highest BCUT2D eigenvalue weighted by Gasteiger charge is 2.28. The molecule has 40 heavy (non-hydrogen) atoms. The summed E-state index contributed by atoms with van der Waals surface area (Å²) in [6.45, 7) is 6.85. The molecule has 1 fully saturated rings. The van der Waals surface area contributed by atoms with Gasteiger partial charge in [-0.1, -0.05) is 17.7 Å². The van der Waals surface area contributed by atoms with E-state index in [1.165, 1.54) is 11.3 Å². The molecule has 1 aliphatic rings. The van der Waals surface area contributed by atoms with Gasteiger partial charge < -0.3 is 24.8 Å². The van der Waals surface area contributed by atoms with Gasteiger partial charge in [0.25, 0.3) is 5.91 Å². The Morgan fingerprint density at radius 3 is 2.62 bits per heavy atom. The zero-order valence-electron chi connectivity index (χ0n) is 22.4. The molecule has 3 aromatic heterocycles. The van der Waals surface area contributed by atoms with Crippen LogP contribution in [0.15, 0.2) is 48.9 Å². The number of halogens is 1. The van der Waals surface area contributed by atoms with Gasteiger partial charge in [0.05, 0.1) is 11.0 Å². The predicted molar refractivity (Wildman–Crippen MR) is 153 cm³/mol. The highest BCUT2D eigenvalue weighted by molar-refractivity contribution is 7.16. The van der Waals surface area contributed by atoms with Crippen molar-refractivity contribution in [3.8, 4) is 16.5 Å². The van der Waals surface area contributed by atoms with Gasteiger partial charge in [-0.25, -0.2) is 14.8 Å². The molecule has 1 aromatic carbocycles. The van der Waals surface area contributed by atoms with Crippen LogP contribution in [0.2, 0.25) is 5.15 Å². The molecule has 10 nitrogen and oxygen atoms in total. The Bertz CT molecular complexity index is 1540. The Morgan fingerprint density at radius 2 is 1.93 bits per heavy atom. The molecular formula is C28H30ClN5O5S. The van der Waals surface area contributed by atoms with Gasteiger partial charge in [-0.15, -0.1) is 11.3 Å². The molecule has 0 radical (unpaired) electrons. The number of amides is 2. The molecule has 4 heterocycles. The average Bonchev–Trinajstić information content (AvgIpc) is 3.52. The molecule has 12 heteroatoms. The molecule has 1 saturated heterocycles. The molecule has 0 bridgehead atoms. The fraction of sp³-hybridized carbons (Fsp3) is 0.357. The summed E-state index contributed by atoms with van der Waals surface area (Å²) in [6.07, 6.45) is 4.35. The monoisotopic (exact) mass is 583 g/mol. The molecule has 0 atom stereocenters. The van der Waals surface area contributed by atoms with Crippen molar-refractivity contribution in [1.29, 1.82) is 0 Å². The van der Waals surface area contributed by atoms with Crippen LogP contribution in [-0.2, 0) is 11.3 Å². The number of ether oxygens (including phenoxy) is 3. The fourth-order valence-corrected chi connectivity index (χ4v) is 5.47. The normalized spacial score (nSPS) is 14.3. The molecule has 0 aliphatic carbocycles. The van der Waals surface area contributed by atoms with E-state index in [1.807, 2.05) is 43.5 Å². The van der Waals surface area contributed by atoms with Gasteiger partial charge in [-0.2, -0.15) is 0 Å². The first-order valence-corrected chi connectivity index (χ1v) is 14.0. The van der Waals surface area contributed by atoms with Crippen LogP contribution >= 0.6 is 22.9 Å². The third-order valence-corrected chi connectivity index (χ3v) is 7.75. The van der Waals surface area contributed by atoms with Crippen LogP contribution < -0.4 is 15.2 Å². The van der Waals surface area contributed by atoms with Crippen LogP contribution in [0.25, 0.3) is 16.0 Å². The molecule has 4 aromatic rings. The van der Waals surface area contributed by atoms with Gasteiger partial charge in [0, 0.05) is 49.8 Å². The second-order valence-corrected chi connectivity index (χ2v) is 11.8. The van der Waals surface area contributed by atoms with Crippen molar-refractivity contribution >= 4 is 46.0 Å². The van der Waals surface area contributed by atoms with Crippen molar-refractivity contribution in [3.63, 3.8) is 0 Å². The Morgan fingerprint density at radius 1 is 1.15 bits per heavy atom. The predicted octanol–water partition coefficient (Wildman–Crippen LogP) is 5.59. The Labute approximate surface area is 240 Å². The summed E-state index contributed by atoms with van der Waals surface area (Å²) < 4.78 is 19.6. The standard InChI is InChI=1S/C28H30ClN5O5S/c1-28(2,3)39-27(36)33-11-8-18(9-12-33)38-19-6-7-20-21(13-19)34(16-32-20)23-14-22(24(40-23)26(30)35)37-15-17-5-4-10-31-25(17)29/h4-7,10,13-14,16,18H,8-9,11-12,15H2,1-3H3,(H2,30,35). The molecule has 5 rings (SSSR count). The number of carbonyl (C=O) groups excluding carboxylic acids is 2. The number of rotatable bonds is 7. The van der Waals surface area contributed by atoms with E-state index in [0.717, 1.165) is 11.0 Å². The van der Waals surface area contributed by atoms with Crippen LogP contribution in [0.1, 0.15) is 48.8 Å². The van der Waals surface area contributed by atoms with Gasteiger partial charge in [0.15, 0.2) is 0 Å². The largest absolute Gasteiger partial charge is 0.490 e. The summed E-state index contributed by atoms with van der Waals surface area (Å²) in [6, 6.07) is 11.0. The molecule has 2 N–H and O–H groups in total. The van der Waals surface area contributed by atoms with Crippen LogP contribution in [-0.4, -0.2) is 56.2 Å². The number of thiophene rings is 1. The van der Waals surface area contributed by atoms with Crippen molar-refractivity contribution in [3.05, 3.63) is 64.5 Å². The van der Waals surface area contributed by atoms with E-state index in [-0.39, 0.29) is 18.8 Å². The van der Waals surface area contributed by atoms with E-state index in [0.29, 0.717) is 58.0 Å². The van der Waals surface area contributed by atoms with E-state index in [4.69, 9.17) is 31.5 Å². The maximum absolute atomic E-state index is 12.4. The number of pyridine rings is 1. The Balaban J connectivity index is 1.31. The van der Waals surface area contributed by atoms with E-state index in [2.05, 4.69) is 9.97 Å². The summed E-state index contributed by atoms with van der Waals surface area (Å²) in [7, 11) is 0. The number of hydrogen-bond acceptors (Lipinski definition) is 8. The van der Waals surface area contributed by atoms with Gasteiger partial charge in [0.1, 0.15) is 51.2 Å². The van der Waals surface area contributed by atoms with Crippen molar-refractivity contribution < 1.29 is 23.8 Å². The molecule has 210 valence electrons. The summed E-state index contributed by atoms with van der Waals surface area (Å²) in [4.78, 5) is 35.1. The van der Waals surface area contributed by atoms with Crippen molar-refractivity contribution in [2.45, 2.75) is 51.9 Å². The molecule has 2 amide bonds. The zero-order valence-corrected chi connectivity index (χ0v) is 24.0. The van der Waals surface area contributed by atoms with Crippen molar-refractivity contribution in [2.75, 3.05) is 13.1 Å². The second-order valence-electron chi connectivity index (χ2n) is 10.4. The first kappa shape index (κ1) is 27.7.